The van der Waals surface area contributed by atoms with Gasteiger partial charge in [-0.1, -0.05) is 0 Å². The Morgan fingerprint density at radius 3 is 2.75 bits per heavy atom. The third kappa shape index (κ3) is 2.23. The Balaban J connectivity index is 2.04. The molecule has 0 aromatic carbocycles. The normalized spacial score (nSPS) is 32.8. The molecular weight excluding hydrogens is 202 g/mol. The van der Waals surface area contributed by atoms with Crippen LogP contribution in [-0.2, 0) is 4.79 Å². The standard InChI is InChI=1S/C12H23N3O/c1-10(2)15-8-3-4-12(5-9-15)11(16)13-6-7-14-12/h10,14H,3-9H2,1-2H3,(H,13,16). The van der Waals surface area contributed by atoms with E-state index in [0.717, 1.165) is 45.4 Å². The van der Waals surface area contributed by atoms with E-state index >= 15 is 0 Å². The van der Waals surface area contributed by atoms with Crippen molar-refractivity contribution in [3.05, 3.63) is 0 Å². The molecule has 2 N–H and O–H groups in total. The van der Waals surface area contributed by atoms with Crippen LogP contribution in [0.15, 0.2) is 0 Å². The van der Waals surface area contributed by atoms with Crippen molar-refractivity contribution in [2.75, 3.05) is 26.2 Å². The van der Waals surface area contributed by atoms with E-state index in [4.69, 9.17) is 0 Å². The SMILES string of the molecule is CC(C)N1CCCC2(CC1)NCCNC2=O. The Labute approximate surface area is 97.8 Å². The average molecular weight is 225 g/mol. The van der Waals surface area contributed by atoms with Gasteiger partial charge in [0.2, 0.25) is 5.91 Å². The predicted molar refractivity (Wildman–Crippen MR) is 64.3 cm³/mol. The van der Waals surface area contributed by atoms with Crippen molar-refractivity contribution in [3.8, 4) is 0 Å². The van der Waals surface area contributed by atoms with E-state index in [1.807, 2.05) is 0 Å². The van der Waals surface area contributed by atoms with Gasteiger partial charge in [0, 0.05) is 25.7 Å². The molecule has 2 heterocycles. The highest BCUT2D eigenvalue weighted by Crippen LogP contribution is 2.24. The highest BCUT2D eigenvalue weighted by atomic mass is 16.2. The van der Waals surface area contributed by atoms with Crippen LogP contribution in [0.3, 0.4) is 0 Å². The largest absolute Gasteiger partial charge is 0.353 e. The van der Waals surface area contributed by atoms with Crippen LogP contribution in [0.25, 0.3) is 0 Å². The topological polar surface area (TPSA) is 44.4 Å². The summed E-state index contributed by atoms with van der Waals surface area (Å²) in [5.41, 5.74) is -0.276. The van der Waals surface area contributed by atoms with Crippen molar-refractivity contribution in [1.29, 1.82) is 0 Å². The zero-order valence-electron chi connectivity index (χ0n) is 10.4. The van der Waals surface area contributed by atoms with Gasteiger partial charge in [-0.2, -0.15) is 0 Å². The van der Waals surface area contributed by atoms with Crippen LogP contribution in [-0.4, -0.2) is 48.6 Å². The number of nitrogens with zero attached hydrogens (tertiary/aromatic N) is 1. The second-order valence-corrected chi connectivity index (χ2v) is 5.25. The average Bonchev–Trinajstić information content (AvgIpc) is 2.46. The number of nitrogens with one attached hydrogen (secondary N) is 2. The lowest BCUT2D eigenvalue weighted by molar-refractivity contribution is -0.129. The van der Waals surface area contributed by atoms with Gasteiger partial charge in [-0.05, 0) is 39.7 Å². The van der Waals surface area contributed by atoms with Crippen LogP contribution in [0.4, 0.5) is 0 Å². The number of piperazine rings is 1. The van der Waals surface area contributed by atoms with Gasteiger partial charge in [-0.25, -0.2) is 0 Å². The summed E-state index contributed by atoms with van der Waals surface area (Å²) in [6, 6.07) is 0.585. The Morgan fingerprint density at radius 1 is 1.25 bits per heavy atom. The quantitative estimate of drug-likeness (QED) is 0.676. The van der Waals surface area contributed by atoms with Crippen LogP contribution in [0, 0.1) is 0 Å². The number of amides is 1. The Kier molecular flexibility index (Phi) is 3.50. The summed E-state index contributed by atoms with van der Waals surface area (Å²) in [6.45, 7) is 8.28. The number of hydrogen-bond acceptors (Lipinski definition) is 3. The van der Waals surface area contributed by atoms with E-state index in [-0.39, 0.29) is 11.4 Å². The first kappa shape index (κ1) is 11.9. The minimum atomic E-state index is -0.276. The van der Waals surface area contributed by atoms with Crippen LogP contribution < -0.4 is 10.6 Å². The van der Waals surface area contributed by atoms with E-state index in [0.29, 0.717) is 6.04 Å². The van der Waals surface area contributed by atoms with Crippen molar-refractivity contribution >= 4 is 5.91 Å². The zero-order chi connectivity index (χ0) is 11.6. The molecule has 0 saturated carbocycles. The summed E-state index contributed by atoms with van der Waals surface area (Å²) in [4.78, 5) is 14.5. The molecule has 16 heavy (non-hydrogen) atoms. The molecule has 1 atom stereocenters. The third-order valence-electron chi connectivity index (χ3n) is 3.91. The maximum Gasteiger partial charge on any atom is 0.240 e. The Bertz CT molecular complexity index is 267. The van der Waals surface area contributed by atoms with Gasteiger partial charge in [0.05, 0.1) is 5.54 Å². The number of rotatable bonds is 1. The minimum Gasteiger partial charge on any atom is -0.353 e. The fraction of sp³-hybridized carbons (Fsp3) is 0.917. The monoisotopic (exact) mass is 225 g/mol. The highest BCUT2D eigenvalue weighted by molar-refractivity contribution is 5.87. The molecular formula is C12H23N3O. The minimum absolute atomic E-state index is 0.212. The van der Waals surface area contributed by atoms with Crippen LogP contribution >= 0.6 is 0 Å². The molecule has 0 aromatic heterocycles. The fourth-order valence-electron chi connectivity index (χ4n) is 2.80. The number of hydrogen-bond donors (Lipinski definition) is 2. The Hall–Kier alpha value is -0.610. The molecule has 0 radical (unpaired) electrons. The summed E-state index contributed by atoms with van der Waals surface area (Å²) in [5, 5.41) is 6.44. The third-order valence-corrected chi connectivity index (χ3v) is 3.91. The molecule has 0 aromatic rings. The van der Waals surface area contributed by atoms with Gasteiger partial charge >= 0.3 is 0 Å². The molecule has 0 bridgehead atoms. The molecule has 2 fully saturated rings. The second-order valence-electron chi connectivity index (χ2n) is 5.25. The molecule has 1 unspecified atom stereocenters. The molecule has 2 aliphatic rings. The molecule has 1 amide bonds. The van der Waals surface area contributed by atoms with Gasteiger partial charge in [0.1, 0.15) is 0 Å². The number of carbonyl (C=O) groups excluding carboxylic acids is 1. The van der Waals surface area contributed by atoms with E-state index in [1.165, 1.54) is 0 Å². The lowest BCUT2D eigenvalue weighted by atomic mass is 9.88. The summed E-state index contributed by atoms with van der Waals surface area (Å²) in [7, 11) is 0. The smallest absolute Gasteiger partial charge is 0.240 e. The lowest BCUT2D eigenvalue weighted by Crippen LogP contribution is -2.63. The van der Waals surface area contributed by atoms with Gasteiger partial charge < -0.3 is 15.5 Å². The zero-order valence-corrected chi connectivity index (χ0v) is 10.4. The molecule has 4 heteroatoms. The molecule has 92 valence electrons. The van der Waals surface area contributed by atoms with Gasteiger partial charge in [-0.3, -0.25) is 4.79 Å². The highest BCUT2D eigenvalue weighted by Gasteiger charge is 2.41. The first-order chi connectivity index (χ1) is 7.64. The summed E-state index contributed by atoms with van der Waals surface area (Å²) in [5.74, 6) is 0.212. The molecule has 2 saturated heterocycles. The molecule has 1 spiro atoms. The van der Waals surface area contributed by atoms with Gasteiger partial charge in [0.25, 0.3) is 0 Å². The van der Waals surface area contributed by atoms with Crippen molar-refractivity contribution in [1.82, 2.24) is 15.5 Å². The molecule has 2 aliphatic heterocycles. The first-order valence-electron chi connectivity index (χ1n) is 6.41. The molecule has 2 rings (SSSR count). The summed E-state index contributed by atoms with van der Waals surface area (Å²) in [6.07, 6.45) is 3.03. The first-order valence-corrected chi connectivity index (χ1v) is 6.41. The number of likely N-dealkylation sites (tertiary alicyclic amines) is 1. The van der Waals surface area contributed by atoms with E-state index in [1.54, 1.807) is 0 Å². The van der Waals surface area contributed by atoms with Crippen molar-refractivity contribution in [3.63, 3.8) is 0 Å². The summed E-state index contributed by atoms with van der Waals surface area (Å²) >= 11 is 0. The van der Waals surface area contributed by atoms with E-state index in [9.17, 15) is 4.79 Å². The second kappa shape index (κ2) is 4.72. The van der Waals surface area contributed by atoms with Gasteiger partial charge in [0.15, 0.2) is 0 Å². The fourth-order valence-corrected chi connectivity index (χ4v) is 2.80. The van der Waals surface area contributed by atoms with Crippen LogP contribution in [0.2, 0.25) is 0 Å². The predicted octanol–water partition coefficient (Wildman–Crippen LogP) is 0.339. The molecule has 4 nitrogen and oxygen atoms in total. The Morgan fingerprint density at radius 2 is 2.06 bits per heavy atom. The van der Waals surface area contributed by atoms with Crippen LogP contribution in [0.1, 0.15) is 33.1 Å². The lowest BCUT2D eigenvalue weighted by Gasteiger charge is -2.36. The van der Waals surface area contributed by atoms with Crippen molar-refractivity contribution in [2.45, 2.75) is 44.7 Å². The number of carbonyl (C=O) groups is 1. The maximum absolute atomic E-state index is 12.0. The van der Waals surface area contributed by atoms with E-state index < -0.39 is 0 Å². The van der Waals surface area contributed by atoms with Crippen LogP contribution in [0.5, 0.6) is 0 Å². The van der Waals surface area contributed by atoms with Crippen molar-refractivity contribution < 1.29 is 4.79 Å². The van der Waals surface area contributed by atoms with Gasteiger partial charge in [-0.15, -0.1) is 0 Å². The van der Waals surface area contributed by atoms with E-state index in [2.05, 4.69) is 29.4 Å². The molecule has 0 aliphatic carbocycles. The summed E-state index contributed by atoms with van der Waals surface area (Å²) < 4.78 is 0. The van der Waals surface area contributed by atoms with Crippen molar-refractivity contribution in [2.24, 2.45) is 0 Å². The maximum atomic E-state index is 12.0.